The molecule has 0 bridgehead atoms. The topological polar surface area (TPSA) is 104 Å². The second kappa shape index (κ2) is 11.9. The summed E-state index contributed by atoms with van der Waals surface area (Å²) in [5.41, 5.74) is 7.89. The summed E-state index contributed by atoms with van der Waals surface area (Å²) in [6, 6.07) is 17.9. The molecule has 2 N–H and O–H groups in total. The minimum atomic E-state index is -0.612. The molecule has 1 atom stereocenters. The molecular weight excluding hydrogens is 583 g/mol. The minimum absolute atomic E-state index is 0.0332. The fraction of sp³-hybridized carbons (Fsp3) is 0.226. The van der Waals surface area contributed by atoms with Crippen molar-refractivity contribution in [3.8, 4) is 29.1 Å². The van der Waals surface area contributed by atoms with E-state index in [2.05, 4.69) is 19.9 Å². The first-order chi connectivity index (χ1) is 19.7. The molecule has 1 aliphatic heterocycles. The first-order valence-electron chi connectivity index (χ1n) is 12.8. The molecule has 0 amide bonds. The molecule has 10 heteroatoms. The molecule has 2 heterocycles. The number of methoxy groups -OCH3 is 1. The van der Waals surface area contributed by atoms with Crippen LogP contribution in [0.4, 0.5) is 0 Å². The van der Waals surface area contributed by atoms with Gasteiger partial charge in [-0.15, -0.1) is 11.3 Å². The summed E-state index contributed by atoms with van der Waals surface area (Å²) in [6.45, 7) is 4.83. The molecule has 1 aliphatic rings. The Kier molecular flexibility index (Phi) is 8.32. The van der Waals surface area contributed by atoms with Gasteiger partial charge in [-0.3, -0.25) is 0 Å². The van der Waals surface area contributed by atoms with Crippen molar-refractivity contribution >= 4 is 50.6 Å². The summed E-state index contributed by atoms with van der Waals surface area (Å²) in [5.74, 6) is 1.09. The summed E-state index contributed by atoms with van der Waals surface area (Å²) in [4.78, 5) is 13.3. The van der Waals surface area contributed by atoms with Crippen molar-refractivity contribution in [3.63, 3.8) is 0 Å². The number of thiophene rings is 1. The highest BCUT2D eigenvalue weighted by atomic mass is 35.5. The lowest BCUT2D eigenvalue weighted by Crippen LogP contribution is -2.21. The fourth-order valence-electron chi connectivity index (χ4n) is 4.55. The number of nitrogens with zero attached hydrogens (tertiary/aromatic N) is 1. The maximum Gasteiger partial charge on any atom is 0.355 e. The Hall–Kier alpha value is -3.90. The van der Waals surface area contributed by atoms with Gasteiger partial charge in [0.1, 0.15) is 28.0 Å². The van der Waals surface area contributed by atoms with Crippen molar-refractivity contribution in [2.45, 2.75) is 26.2 Å². The lowest BCUT2D eigenvalue weighted by atomic mass is 9.83. The van der Waals surface area contributed by atoms with Gasteiger partial charge in [-0.1, -0.05) is 55.2 Å². The van der Waals surface area contributed by atoms with Crippen LogP contribution in [-0.2, 0) is 0 Å². The number of hydrogen-bond donors (Lipinski definition) is 1. The fourth-order valence-corrected chi connectivity index (χ4v) is 6.21. The summed E-state index contributed by atoms with van der Waals surface area (Å²) in [7, 11) is 1.57. The van der Waals surface area contributed by atoms with Crippen LogP contribution in [0.25, 0.3) is 10.1 Å². The van der Waals surface area contributed by atoms with E-state index in [4.69, 9.17) is 47.9 Å². The number of rotatable bonds is 8. The molecule has 3 aromatic carbocycles. The predicted octanol–water partition coefficient (Wildman–Crippen LogP) is 8.08. The number of benzene rings is 3. The first-order valence-corrected chi connectivity index (χ1v) is 14.4. The van der Waals surface area contributed by atoms with Crippen LogP contribution < -0.4 is 24.7 Å². The van der Waals surface area contributed by atoms with Crippen LogP contribution in [-0.4, -0.2) is 19.7 Å². The molecule has 0 saturated carbocycles. The highest BCUT2D eigenvalue weighted by molar-refractivity contribution is 7.21. The van der Waals surface area contributed by atoms with Gasteiger partial charge >= 0.3 is 5.97 Å². The average molecular weight is 610 g/mol. The molecule has 5 rings (SSSR count). The van der Waals surface area contributed by atoms with E-state index in [1.807, 2.05) is 18.2 Å². The first kappa shape index (κ1) is 28.6. The van der Waals surface area contributed by atoms with Crippen LogP contribution in [0.15, 0.2) is 66.1 Å². The third-order valence-corrected chi connectivity index (χ3v) is 8.52. The van der Waals surface area contributed by atoms with E-state index in [1.54, 1.807) is 43.5 Å². The summed E-state index contributed by atoms with van der Waals surface area (Å²) in [6.07, 6.45) is 0.909. The van der Waals surface area contributed by atoms with Gasteiger partial charge in [-0.25, -0.2) is 4.79 Å². The number of nitrogens with two attached hydrogens (primary N) is 1. The summed E-state index contributed by atoms with van der Waals surface area (Å²) in [5, 5.41) is 11.5. The van der Waals surface area contributed by atoms with Crippen molar-refractivity contribution in [2.24, 2.45) is 11.7 Å². The maximum atomic E-state index is 13.0. The number of nitriles is 1. The van der Waals surface area contributed by atoms with Gasteiger partial charge in [0.15, 0.2) is 11.5 Å². The quantitative estimate of drug-likeness (QED) is 0.159. The molecule has 0 saturated heterocycles. The monoisotopic (exact) mass is 608 g/mol. The van der Waals surface area contributed by atoms with Gasteiger partial charge in [0.05, 0.1) is 24.7 Å². The molecule has 41 heavy (non-hydrogen) atoms. The normalized spacial score (nSPS) is 14.4. The molecule has 0 spiro atoms. The highest BCUT2D eigenvalue weighted by Crippen LogP contribution is 2.45. The van der Waals surface area contributed by atoms with Crippen molar-refractivity contribution in [2.75, 3.05) is 13.7 Å². The van der Waals surface area contributed by atoms with E-state index >= 15 is 0 Å². The van der Waals surface area contributed by atoms with Crippen molar-refractivity contribution in [1.29, 1.82) is 5.26 Å². The molecule has 0 fully saturated rings. The second-order valence-electron chi connectivity index (χ2n) is 9.84. The number of halogens is 2. The molecule has 4 aromatic rings. The smallest absolute Gasteiger partial charge is 0.355 e. The molecule has 210 valence electrons. The number of esters is 1. The largest absolute Gasteiger partial charge is 0.493 e. The van der Waals surface area contributed by atoms with Crippen LogP contribution in [0.3, 0.4) is 0 Å². The number of carbonyl (C=O) groups is 1. The minimum Gasteiger partial charge on any atom is -0.493 e. The van der Waals surface area contributed by atoms with Crippen LogP contribution >= 0.6 is 34.5 Å². The predicted molar refractivity (Wildman–Crippen MR) is 160 cm³/mol. The number of carbonyl (C=O) groups excluding carboxylic acids is 1. The third kappa shape index (κ3) is 5.80. The van der Waals surface area contributed by atoms with Gasteiger partial charge in [0, 0.05) is 26.7 Å². The number of allylic oxidation sites excluding steroid dienone is 1. The molecule has 7 nitrogen and oxygen atoms in total. The molecule has 1 aromatic heterocycles. The van der Waals surface area contributed by atoms with E-state index in [0.29, 0.717) is 45.4 Å². The van der Waals surface area contributed by atoms with Crippen LogP contribution in [0.5, 0.6) is 23.0 Å². The molecule has 0 radical (unpaired) electrons. The Labute approximate surface area is 251 Å². The van der Waals surface area contributed by atoms with Crippen molar-refractivity contribution in [3.05, 3.63) is 92.1 Å². The van der Waals surface area contributed by atoms with E-state index < -0.39 is 11.9 Å². The van der Waals surface area contributed by atoms with E-state index in [9.17, 15) is 10.1 Å². The van der Waals surface area contributed by atoms with Gasteiger partial charge in [0.2, 0.25) is 5.88 Å². The third-order valence-electron chi connectivity index (χ3n) is 6.65. The number of ether oxygens (including phenoxy) is 4. The summed E-state index contributed by atoms with van der Waals surface area (Å²) < 4.78 is 23.8. The van der Waals surface area contributed by atoms with Gasteiger partial charge in [-0.05, 0) is 48.2 Å². The Balaban J connectivity index is 1.45. The standard InChI is InChI=1S/C31H26Cl2N2O5S/c1-16(2)10-11-38-23-9-4-17(12-25(23)37-3)27-20-8-6-19(14-24(20)40-30(35)22(27)15-34)39-31(36)29-28(33)21-7-5-18(32)13-26(21)41-29/h4-9,12-14,16,27H,10-11,35H2,1-3H3. The van der Waals surface area contributed by atoms with Crippen LogP contribution in [0, 0.1) is 17.2 Å². The lowest BCUT2D eigenvalue weighted by molar-refractivity contribution is 0.0740. The molecule has 1 unspecified atom stereocenters. The zero-order valence-corrected chi connectivity index (χ0v) is 24.8. The van der Waals surface area contributed by atoms with E-state index in [-0.39, 0.29) is 22.1 Å². The lowest BCUT2D eigenvalue weighted by Gasteiger charge is -2.27. The van der Waals surface area contributed by atoms with Crippen molar-refractivity contribution in [1.82, 2.24) is 0 Å². The zero-order chi connectivity index (χ0) is 29.3. The molecular formula is C31H26Cl2N2O5S. The SMILES string of the molecule is COc1cc(C2C(C#N)=C(N)Oc3cc(OC(=O)c4sc5cc(Cl)ccc5c4Cl)ccc32)ccc1OCCC(C)C. The van der Waals surface area contributed by atoms with E-state index in [1.165, 1.54) is 11.3 Å². The number of hydrogen-bond acceptors (Lipinski definition) is 8. The summed E-state index contributed by atoms with van der Waals surface area (Å²) >= 11 is 13.8. The second-order valence-corrected chi connectivity index (χ2v) is 11.7. The van der Waals surface area contributed by atoms with Gasteiger partial charge in [-0.2, -0.15) is 5.26 Å². The van der Waals surface area contributed by atoms with Crippen molar-refractivity contribution < 1.29 is 23.7 Å². The van der Waals surface area contributed by atoms with Gasteiger partial charge < -0.3 is 24.7 Å². The van der Waals surface area contributed by atoms with Crippen LogP contribution in [0.1, 0.15) is 47.0 Å². The maximum absolute atomic E-state index is 13.0. The van der Waals surface area contributed by atoms with Gasteiger partial charge in [0.25, 0.3) is 0 Å². The Morgan fingerprint density at radius 3 is 2.66 bits per heavy atom. The van der Waals surface area contributed by atoms with E-state index in [0.717, 1.165) is 22.1 Å². The number of fused-ring (bicyclic) bond motifs is 2. The molecule has 0 aliphatic carbocycles. The average Bonchev–Trinajstić information content (AvgIpc) is 3.27. The van der Waals surface area contributed by atoms with Crippen LogP contribution in [0.2, 0.25) is 10.0 Å². The Morgan fingerprint density at radius 1 is 1.12 bits per heavy atom. The highest BCUT2D eigenvalue weighted by Gasteiger charge is 2.32. The zero-order valence-electron chi connectivity index (χ0n) is 22.5. The Bertz CT molecular complexity index is 1720. The Morgan fingerprint density at radius 2 is 1.93 bits per heavy atom.